The Morgan fingerprint density at radius 1 is 0.929 bits per heavy atom. The van der Waals surface area contributed by atoms with Crippen molar-refractivity contribution in [3.63, 3.8) is 0 Å². The van der Waals surface area contributed by atoms with Crippen LogP contribution in [-0.4, -0.2) is 54.6 Å². The number of fused-ring (bicyclic) bond motifs is 2. The minimum atomic E-state index is -0.349. The van der Waals surface area contributed by atoms with Crippen LogP contribution in [0.2, 0.25) is 0 Å². The number of unbranched alkanes of at least 4 members (excludes halogenated alkanes) is 3. The molecule has 3 N–H and O–H groups in total. The zero-order chi connectivity index (χ0) is 20.4. The lowest BCUT2D eigenvalue weighted by Gasteiger charge is -2.28. The van der Waals surface area contributed by atoms with Crippen LogP contribution in [0, 0.1) is 11.8 Å². The van der Waals surface area contributed by atoms with Crippen molar-refractivity contribution >= 4 is 17.6 Å². The van der Waals surface area contributed by atoms with Crippen molar-refractivity contribution in [2.75, 3.05) is 19.7 Å². The first kappa shape index (κ1) is 22.8. The van der Waals surface area contributed by atoms with Gasteiger partial charge in [0.2, 0.25) is 11.8 Å². The smallest absolute Gasteiger partial charge is 0.239 e. The van der Waals surface area contributed by atoms with Gasteiger partial charge in [-0.2, -0.15) is 0 Å². The van der Waals surface area contributed by atoms with Crippen LogP contribution >= 0.6 is 0 Å². The molecule has 0 aromatic rings. The maximum absolute atomic E-state index is 12.0. The second kappa shape index (κ2) is 12.2. The van der Waals surface area contributed by atoms with Gasteiger partial charge in [-0.1, -0.05) is 26.2 Å². The number of rotatable bonds is 14. The third-order valence-electron chi connectivity index (χ3n) is 5.97. The molecule has 0 unspecified atom stereocenters. The molecule has 2 saturated heterocycles. The van der Waals surface area contributed by atoms with Gasteiger partial charge in [0.15, 0.2) is 5.78 Å². The van der Waals surface area contributed by atoms with Crippen LogP contribution < -0.4 is 10.6 Å². The Hall–Kier alpha value is -1.47. The predicted molar refractivity (Wildman–Crippen MR) is 106 cm³/mol. The van der Waals surface area contributed by atoms with Gasteiger partial charge in [-0.3, -0.25) is 14.4 Å². The molecule has 7 heteroatoms. The summed E-state index contributed by atoms with van der Waals surface area (Å²) >= 11 is 0. The lowest BCUT2D eigenvalue weighted by molar-refractivity contribution is -0.126. The second-order valence-electron chi connectivity index (χ2n) is 8.10. The highest BCUT2D eigenvalue weighted by Crippen LogP contribution is 2.45. The minimum absolute atomic E-state index is 0.0394. The van der Waals surface area contributed by atoms with Gasteiger partial charge in [0.1, 0.15) is 6.61 Å². The molecule has 28 heavy (non-hydrogen) atoms. The van der Waals surface area contributed by atoms with E-state index in [2.05, 4.69) is 10.6 Å². The second-order valence-corrected chi connectivity index (χ2v) is 8.10. The highest BCUT2D eigenvalue weighted by Gasteiger charge is 2.48. The molecule has 2 aliphatic rings. The third kappa shape index (κ3) is 7.17. The summed E-state index contributed by atoms with van der Waals surface area (Å²) in [5.74, 6) is 0.528. The summed E-state index contributed by atoms with van der Waals surface area (Å²) < 4.78 is 6.09. The fraction of sp³-hybridized carbons (Fsp3) is 0.857. The van der Waals surface area contributed by atoms with Crippen LogP contribution in [0.3, 0.4) is 0 Å². The van der Waals surface area contributed by atoms with Gasteiger partial charge in [0.25, 0.3) is 0 Å². The first-order valence-corrected chi connectivity index (χ1v) is 10.9. The summed E-state index contributed by atoms with van der Waals surface area (Å²) in [6, 6.07) is 0. The van der Waals surface area contributed by atoms with Gasteiger partial charge < -0.3 is 20.5 Å². The Kier molecular flexibility index (Phi) is 9.92. The molecule has 7 nitrogen and oxygen atoms in total. The van der Waals surface area contributed by atoms with E-state index in [-0.39, 0.29) is 36.9 Å². The van der Waals surface area contributed by atoms with Crippen LogP contribution in [0.4, 0.5) is 0 Å². The molecule has 160 valence electrons. The molecule has 2 rings (SSSR count). The van der Waals surface area contributed by atoms with Crippen molar-refractivity contribution in [3.8, 4) is 0 Å². The van der Waals surface area contributed by atoms with E-state index < -0.39 is 0 Å². The number of carbonyl (C=O) groups excluding carboxylic acids is 3. The normalized spacial score (nSPS) is 25.6. The van der Waals surface area contributed by atoms with Crippen molar-refractivity contribution in [2.45, 2.75) is 83.3 Å². The number of aliphatic hydroxyl groups excluding tert-OH is 1. The number of carbonyl (C=O) groups is 3. The van der Waals surface area contributed by atoms with Gasteiger partial charge in [-0.15, -0.1) is 0 Å². The quantitative estimate of drug-likeness (QED) is 0.388. The Morgan fingerprint density at radius 3 is 2.36 bits per heavy atom. The number of Topliss-reactive ketones (excluding diaryl/α,β-unsaturated/α-hetero) is 1. The van der Waals surface area contributed by atoms with Crippen molar-refractivity contribution < 1.29 is 24.2 Å². The van der Waals surface area contributed by atoms with Gasteiger partial charge >= 0.3 is 0 Å². The highest BCUT2D eigenvalue weighted by atomic mass is 16.5. The Morgan fingerprint density at radius 2 is 1.64 bits per heavy atom. The van der Waals surface area contributed by atoms with E-state index in [1.54, 1.807) is 0 Å². The number of amides is 2. The molecule has 2 bridgehead atoms. The molecule has 0 aliphatic carbocycles. The fourth-order valence-corrected chi connectivity index (χ4v) is 4.48. The van der Waals surface area contributed by atoms with Crippen molar-refractivity contribution in [1.82, 2.24) is 10.6 Å². The number of ether oxygens (including phenoxy) is 1. The van der Waals surface area contributed by atoms with Crippen LogP contribution in [-0.2, 0) is 19.1 Å². The molecule has 4 atom stereocenters. The molecule has 0 aromatic carbocycles. The monoisotopic (exact) mass is 396 g/mol. The molecule has 2 amide bonds. The molecular formula is C21H36N2O5. The summed E-state index contributed by atoms with van der Waals surface area (Å²) in [7, 11) is 0. The largest absolute Gasteiger partial charge is 0.389 e. The van der Waals surface area contributed by atoms with E-state index in [0.29, 0.717) is 37.3 Å². The van der Waals surface area contributed by atoms with Crippen LogP contribution in [0.25, 0.3) is 0 Å². The molecule has 2 aliphatic heterocycles. The molecule has 2 fully saturated rings. The topological polar surface area (TPSA) is 105 Å². The Labute approximate surface area is 168 Å². The molecule has 0 aromatic heterocycles. The predicted octanol–water partition coefficient (Wildman–Crippen LogP) is 1.71. The zero-order valence-electron chi connectivity index (χ0n) is 17.1. The van der Waals surface area contributed by atoms with Gasteiger partial charge in [-0.05, 0) is 38.0 Å². The summed E-state index contributed by atoms with van der Waals surface area (Å²) in [5.41, 5.74) is 0. The fourth-order valence-electron chi connectivity index (χ4n) is 4.48. The molecule has 0 radical (unpaired) electrons. The average Bonchev–Trinajstić information content (AvgIpc) is 3.29. The number of hydrogen-bond acceptors (Lipinski definition) is 5. The van der Waals surface area contributed by atoms with E-state index in [9.17, 15) is 14.4 Å². The molecule has 0 spiro atoms. The maximum Gasteiger partial charge on any atom is 0.239 e. The standard InChI is InChI=1S/C21H36N2O5/c1-2-7-20(26)23-13-21(27)22-12-17-16(18-10-11-19(17)28-18)9-6-4-3-5-8-15(25)14-24/h16-19,24H,2-14H2,1H3,(H,22,27)(H,23,26)/t16-,17+,18-,19+/m1/s1. The van der Waals surface area contributed by atoms with E-state index in [1.165, 1.54) is 0 Å². The summed E-state index contributed by atoms with van der Waals surface area (Å²) in [5, 5.41) is 14.4. The Balaban J connectivity index is 1.65. The Bertz CT molecular complexity index is 525. The van der Waals surface area contributed by atoms with E-state index >= 15 is 0 Å². The van der Waals surface area contributed by atoms with Crippen molar-refractivity contribution in [3.05, 3.63) is 0 Å². The van der Waals surface area contributed by atoms with E-state index in [1.807, 2.05) is 6.92 Å². The third-order valence-corrected chi connectivity index (χ3v) is 5.97. The minimum Gasteiger partial charge on any atom is -0.389 e. The zero-order valence-corrected chi connectivity index (χ0v) is 17.1. The summed E-state index contributed by atoms with van der Waals surface area (Å²) in [6.07, 6.45) is 9.54. The number of ketones is 1. The lowest BCUT2D eigenvalue weighted by atomic mass is 9.76. The van der Waals surface area contributed by atoms with Crippen molar-refractivity contribution in [1.29, 1.82) is 0 Å². The van der Waals surface area contributed by atoms with Crippen LogP contribution in [0.15, 0.2) is 0 Å². The first-order chi connectivity index (χ1) is 13.5. The maximum atomic E-state index is 12.0. The van der Waals surface area contributed by atoms with Gasteiger partial charge in [0, 0.05) is 25.3 Å². The molecule has 2 heterocycles. The molecular weight excluding hydrogens is 360 g/mol. The SMILES string of the molecule is CCCC(=O)NCC(=O)NC[C@H]1[C@@H](CCCCCCC(=O)CO)[C@H]2CC[C@@H]1O2. The lowest BCUT2D eigenvalue weighted by Crippen LogP contribution is -2.42. The van der Waals surface area contributed by atoms with Gasteiger partial charge in [-0.25, -0.2) is 0 Å². The molecule has 0 saturated carbocycles. The van der Waals surface area contributed by atoms with Crippen LogP contribution in [0.1, 0.15) is 71.1 Å². The van der Waals surface area contributed by atoms with Crippen LogP contribution in [0.5, 0.6) is 0 Å². The highest BCUT2D eigenvalue weighted by molar-refractivity contribution is 5.84. The van der Waals surface area contributed by atoms with Crippen molar-refractivity contribution in [2.24, 2.45) is 11.8 Å². The van der Waals surface area contributed by atoms with E-state index in [4.69, 9.17) is 9.84 Å². The number of nitrogens with one attached hydrogen (secondary N) is 2. The average molecular weight is 397 g/mol. The summed E-state index contributed by atoms with van der Waals surface area (Å²) in [6.45, 7) is 2.23. The summed E-state index contributed by atoms with van der Waals surface area (Å²) in [4.78, 5) is 34.6. The number of hydrogen-bond donors (Lipinski definition) is 3. The first-order valence-electron chi connectivity index (χ1n) is 10.9. The van der Waals surface area contributed by atoms with E-state index in [0.717, 1.165) is 51.4 Å². The number of aliphatic hydroxyl groups is 1. The van der Waals surface area contributed by atoms with Gasteiger partial charge in [0.05, 0.1) is 18.8 Å².